The van der Waals surface area contributed by atoms with Gasteiger partial charge in [0.15, 0.2) is 0 Å². The summed E-state index contributed by atoms with van der Waals surface area (Å²) in [6.45, 7) is 2.57. The highest BCUT2D eigenvalue weighted by atomic mass is 16.2. The highest BCUT2D eigenvalue weighted by Gasteiger charge is 2.23. The lowest BCUT2D eigenvalue weighted by Crippen LogP contribution is -2.38. The topological polar surface area (TPSA) is 61.3 Å². The summed E-state index contributed by atoms with van der Waals surface area (Å²) >= 11 is 0. The first-order valence-electron chi connectivity index (χ1n) is 7.95. The van der Waals surface area contributed by atoms with E-state index in [2.05, 4.69) is 4.98 Å². The van der Waals surface area contributed by atoms with Crippen LogP contribution < -0.4 is 0 Å². The third-order valence-electron chi connectivity index (χ3n) is 4.21. The van der Waals surface area contributed by atoms with E-state index in [1.165, 1.54) is 0 Å². The van der Waals surface area contributed by atoms with Gasteiger partial charge in [-0.3, -0.25) is 9.59 Å². The van der Waals surface area contributed by atoms with Gasteiger partial charge in [-0.1, -0.05) is 0 Å². The van der Waals surface area contributed by atoms with Crippen LogP contribution in [-0.4, -0.2) is 57.3 Å². The van der Waals surface area contributed by atoms with Crippen molar-refractivity contribution >= 4 is 11.8 Å². The van der Waals surface area contributed by atoms with Crippen LogP contribution in [0.15, 0.2) is 36.8 Å². The fourth-order valence-electron chi connectivity index (χ4n) is 2.96. The molecule has 0 aromatic carbocycles. The molecule has 2 aromatic heterocycles. The minimum absolute atomic E-state index is 0.00681. The normalized spacial score (nSPS) is 15.5. The van der Waals surface area contributed by atoms with Gasteiger partial charge in [-0.05, 0) is 30.2 Å². The zero-order valence-electron chi connectivity index (χ0n) is 13.4. The van der Waals surface area contributed by atoms with Crippen molar-refractivity contribution in [2.45, 2.75) is 12.8 Å². The van der Waals surface area contributed by atoms with Crippen molar-refractivity contribution in [3.63, 3.8) is 0 Å². The predicted molar refractivity (Wildman–Crippen MR) is 87.0 cm³/mol. The zero-order valence-corrected chi connectivity index (χ0v) is 13.4. The molecule has 2 amide bonds. The number of H-pyrrole nitrogens is 1. The number of hydrogen-bond donors (Lipinski definition) is 1. The minimum Gasteiger partial charge on any atom is -0.357 e. The Morgan fingerprint density at radius 1 is 1.13 bits per heavy atom. The smallest absolute Gasteiger partial charge is 0.270 e. The van der Waals surface area contributed by atoms with Crippen molar-refractivity contribution < 1.29 is 9.59 Å². The molecule has 0 bridgehead atoms. The molecule has 1 aliphatic heterocycles. The Labute approximate surface area is 135 Å². The van der Waals surface area contributed by atoms with Gasteiger partial charge in [-0.2, -0.15) is 0 Å². The van der Waals surface area contributed by atoms with E-state index >= 15 is 0 Å². The number of nitrogens with zero attached hydrogens (tertiary/aromatic N) is 3. The molecule has 3 heterocycles. The van der Waals surface area contributed by atoms with E-state index in [0.29, 0.717) is 38.3 Å². The van der Waals surface area contributed by atoms with Gasteiger partial charge < -0.3 is 19.4 Å². The number of aryl methyl sites for hydroxylation is 1. The second kappa shape index (κ2) is 6.73. The van der Waals surface area contributed by atoms with Crippen LogP contribution in [-0.2, 0) is 18.3 Å². The Kier molecular flexibility index (Phi) is 4.50. The molecular formula is C17H22N4O2. The molecule has 0 aliphatic carbocycles. The van der Waals surface area contributed by atoms with E-state index in [-0.39, 0.29) is 11.8 Å². The van der Waals surface area contributed by atoms with Crippen molar-refractivity contribution in [2.24, 2.45) is 7.05 Å². The van der Waals surface area contributed by atoms with E-state index in [4.69, 9.17) is 0 Å². The highest BCUT2D eigenvalue weighted by Crippen LogP contribution is 2.10. The van der Waals surface area contributed by atoms with Gasteiger partial charge in [0, 0.05) is 51.8 Å². The van der Waals surface area contributed by atoms with Crippen molar-refractivity contribution in [3.05, 3.63) is 48.0 Å². The highest BCUT2D eigenvalue weighted by molar-refractivity contribution is 5.92. The van der Waals surface area contributed by atoms with Crippen LogP contribution in [0, 0.1) is 0 Å². The zero-order chi connectivity index (χ0) is 16.2. The van der Waals surface area contributed by atoms with Gasteiger partial charge in [0.2, 0.25) is 5.91 Å². The maximum absolute atomic E-state index is 12.4. The van der Waals surface area contributed by atoms with E-state index in [1.54, 1.807) is 12.3 Å². The average Bonchev–Trinajstić information content (AvgIpc) is 3.13. The van der Waals surface area contributed by atoms with E-state index < -0.39 is 0 Å². The van der Waals surface area contributed by atoms with Gasteiger partial charge in [0.05, 0.1) is 6.42 Å². The van der Waals surface area contributed by atoms with Crippen molar-refractivity contribution in [2.75, 3.05) is 26.2 Å². The molecule has 122 valence electrons. The third-order valence-corrected chi connectivity index (χ3v) is 4.21. The maximum atomic E-state index is 12.4. The molecule has 6 heteroatoms. The lowest BCUT2D eigenvalue weighted by molar-refractivity contribution is -0.130. The SMILES string of the molecule is Cn1ccc(CC(=O)N2CCCN(C(=O)c3ccc[nH]3)CC2)c1. The van der Waals surface area contributed by atoms with Crippen LogP contribution in [0.5, 0.6) is 0 Å². The lowest BCUT2D eigenvalue weighted by Gasteiger charge is -2.22. The Bertz CT molecular complexity index is 675. The second-order valence-electron chi connectivity index (χ2n) is 5.97. The number of rotatable bonds is 3. The van der Waals surface area contributed by atoms with Crippen LogP contribution in [0.4, 0.5) is 0 Å². The maximum Gasteiger partial charge on any atom is 0.270 e. The molecule has 2 aromatic rings. The summed E-state index contributed by atoms with van der Waals surface area (Å²) in [6, 6.07) is 5.57. The van der Waals surface area contributed by atoms with Crippen molar-refractivity contribution in [3.8, 4) is 0 Å². The standard InChI is InChI=1S/C17H22N4O2/c1-19-9-5-14(13-19)12-16(22)20-7-3-8-21(11-10-20)17(23)15-4-2-6-18-15/h2,4-6,9,13,18H,3,7-8,10-12H2,1H3. The van der Waals surface area contributed by atoms with Crippen LogP contribution >= 0.6 is 0 Å². The Morgan fingerprint density at radius 3 is 2.61 bits per heavy atom. The van der Waals surface area contributed by atoms with Crippen LogP contribution in [0.3, 0.4) is 0 Å². The molecule has 0 atom stereocenters. The summed E-state index contributed by atoms with van der Waals surface area (Å²) in [4.78, 5) is 31.5. The monoisotopic (exact) mass is 314 g/mol. The minimum atomic E-state index is 0.00681. The predicted octanol–water partition coefficient (Wildman–Crippen LogP) is 1.27. The fourth-order valence-corrected chi connectivity index (χ4v) is 2.96. The fraction of sp³-hybridized carbons (Fsp3) is 0.412. The first-order valence-corrected chi connectivity index (χ1v) is 7.95. The summed E-state index contributed by atoms with van der Waals surface area (Å²) in [5.74, 6) is 0.137. The van der Waals surface area contributed by atoms with E-state index in [1.807, 2.05) is 45.9 Å². The summed E-state index contributed by atoms with van der Waals surface area (Å²) in [5.41, 5.74) is 1.63. The molecule has 1 saturated heterocycles. The van der Waals surface area contributed by atoms with Gasteiger partial charge in [-0.15, -0.1) is 0 Å². The molecule has 1 aliphatic rings. The summed E-state index contributed by atoms with van der Waals surface area (Å²) < 4.78 is 1.95. The molecule has 1 N–H and O–H groups in total. The Morgan fingerprint density at radius 2 is 1.91 bits per heavy atom. The number of aromatic amines is 1. The molecule has 6 nitrogen and oxygen atoms in total. The Balaban J connectivity index is 1.57. The third kappa shape index (κ3) is 3.64. The number of carbonyl (C=O) groups is 2. The largest absolute Gasteiger partial charge is 0.357 e. The van der Waals surface area contributed by atoms with Gasteiger partial charge >= 0.3 is 0 Å². The first-order chi connectivity index (χ1) is 11.1. The summed E-state index contributed by atoms with van der Waals surface area (Å²) in [5, 5.41) is 0. The first kappa shape index (κ1) is 15.4. The molecular weight excluding hydrogens is 292 g/mol. The van der Waals surface area contributed by atoms with Gasteiger partial charge in [0.25, 0.3) is 5.91 Å². The van der Waals surface area contributed by atoms with Gasteiger partial charge in [0.1, 0.15) is 5.69 Å². The average molecular weight is 314 g/mol. The van der Waals surface area contributed by atoms with E-state index in [9.17, 15) is 9.59 Å². The molecule has 23 heavy (non-hydrogen) atoms. The molecule has 0 spiro atoms. The molecule has 1 fully saturated rings. The van der Waals surface area contributed by atoms with Gasteiger partial charge in [-0.25, -0.2) is 0 Å². The van der Waals surface area contributed by atoms with Crippen LogP contribution in [0.2, 0.25) is 0 Å². The van der Waals surface area contributed by atoms with Crippen molar-refractivity contribution in [1.82, 2.24) is 19.4 Å². The number of amides is 2. The number of hydrogen-bond acceptors (Lipinski definition) is 2. The molecule has 0 unspecified atom stereocenters. The number of nitrogens with one attached hydrogen (secondary N) is 1. The molecule has 0 radical (unpaired) electrons. The molecule has 0 saturated carbocycles. The van der Waals surface area contributed by atoms with Crippen LogP contribution in [0.1, 0.15) is 22.5 Å². The lowest BCUT2D eigenvalue weighted by atomic mass is 10.2. The summed E-state index contributed by atoms with van der Waals surface area (Å²) in [7, 11) is 1.95. The molecule has 3 rings (SSSR count). The second-order valence-corrected chi connectivity index (χ2v) is 5.97. The van der Waals surface area contributed by atoms with E-state index in [0.717, 1.165) is 12.0 Å². The van der Waals surface area contributed by atoms with Crippen LogP contribution in [0.25, 0.3) is 0 Å². The quantitative estimate of drug-likeness (QED) is 0.927. The number of carbonyl (C=O) groups excluding carboxylic acids is 2. The summed E-state index contributed by atoms with van der Waals surface area (Å²) in [6.07, 6.45) is 6.90. The Hall–Kier alpha value is -2.50. The number of aromatic nitrogens is 2. The van der Waals surface area contributed by atoms with Crippen molar-refractivity contribution in [1.29, 1.82) is 0 Å².